The second-order valence-electron chi connectivity index (χ2n) is 6.92. The molecule has 0 saturated carbocycles. The number of amides is 1. The summed E-state index contributed by atoms with van der Waals surface area (Å²) in [5.74, 6) is -0.807. The van der Waals surface area contributed by atoms with Crippen molar-refractivity contribution in [3.05, 3.63) is 71.7 Å². The molecular formula is C21H17FN4O4S. The Hall–Kier alpha value is -3.79. The van der Waals surface area contributed by atoms with Crippen molar-refractivity contribution in [1.82, 2.24) is 10.1 Å². The van der Waals surface area contributed by atoms with Gasteiger partial charge in [-0.2, -0.15) is 0 Å². The Balaban J connectivity index is 1.68. The minimum atomic E-state index is -3.40. The molecule has 2 N–H and O–H groups in total. The van der Waals surface area contributed by atoms with Gasteiger partial charge in [0.1, 0.15) is 5.82 Å². The molecule has 0 bridgehead atoms. The average molecular weight is 440 g/mol. The minimum absolute atomic E-state index is 0.192. The summed E-state index contributed by atoms with van der Waals surface area (Å²) in [6.07, 6.45) is 1.05. The second-order valence-corrected chi connectivity index (χ2v) is 8.66. The van der Waals surface area contributed by atoms with Crippen LogP contribution in [0.5, 0.6) is 0 Å². The summed E-state index contributed by atoms with van der Waals surface area (Å²) in [4.78, 5) is 17.4. The van der Waals surface area contributed by atoms with Crippen LogP contribution in [0.2, 0.25) is 0 Å². The number of benzene rings is 2. The van der Waals surface area contributed by atoms with Gasteiger partial charge >= 0.3 is 0 Å². The fraction of sp³-hybridized carbons (Fsp3) is 0.0952. The number of carbonyl (C=O) groups is 1. The summed E-state index contributed by atoms with van der Waals surface area (Å²) in [6.45, 7) is 1.70. The molecule has 2 aromatic carbocycles. The zero-order valence-corrected chi connectivity index (χ0v) is 17.3. The average Bonchev–Trinajstić information content (AvgIpc) is 3.09. The van der Waals surface area contributed by atoms with Crippen molar-refractivity contribution < 1.29 is 22.1 Å². The van der Waals surface area contributed by atoms with E-state index in [2.05, 4.69) is 20.2 Å². The Morgan fingerprint density at radius 2 is 1.68 bits per heavy atom. The van der Waals surface area contributed by atoms with Crippen LogP contribution < -0.4 is 10.0 Å². The Morgan fingerprint density at radius 3 is 2.32 bits per heavy atom. The summed E-state index contributed by atoms with van der Waals surface area (Å²) in [5, 5.41) is 7.14. The molecule has 1 amide bonds. The molecule has 0 aliphatic carbocycles. The van der Waals surface area contributed by atoms with Crippen LogP contribution in [0, 0.1) is 12.7 Å². The maximum atomic E-state index is 13.3. The van der Waals surface area contributed by atoms with Crippen molar-refractivity contribution in [2.24, 2.45) is 0 Å². The lowest BCUT2D eigenvalue weighted by Gasteiger charge is -2.09. The Morgan fingerprint density at radius 1 is 1.03 bits per heavy atom. The number of sulfonamides is 1. The van der Waals surface area contributed by atoms with Crippen LogP contribution in [0.25, 0.3) is 22.4 Å². The predicted molar refractivity (Wildman–Crippen MR) is 115 cm³/mol. The molecule has 0 fully saturated rings. The van der Waals surface area contributed by atoms with Crippen LogP contribution in [0.1, 0.15) is 16.1 Å². The van der Waals surface area contributed by atoms with E-state index in [9.17, 15) is 17.6 Å². The Bertz CT molecular complexity index is 1380. The van der Waals surface area contributed by atoms with E-state index in [1.807, 2.05) is 0 Å². The summed E-state index contributed by atoms with van der Waals surface area (Å²) in [6, 6.07) is 13.5. The fourth-order valence-corrected chi connectivity index (χ4v) is 3.64. The summed E-state index contributed by atoms with van der Waals surface area (Å²) in [7, 11) is -3.40. The number of hydrogen-bond donors (Lipinski definition) is 2. The molecule has 0 radical (unpaired) electrons. The lowest BCUT2D eigenvalue weighted by molar-refractivity contribution is 0.102. The van der Waals surface area contributed by atoms with Crippen molar-refractivity contribution in [1.29, 1.82) is 0 Å². The van der Waals surface area contributed by atoms with Crippen LogP contribution in [0.15, 0.2) is 59.1 Å². The number of nitrogens with one attached hydrogen (secondary N) is 2. The van der Waals surface area contributed by atoms with Crippen molar-refractivity contribution in [3.8, 4) is 11.3 Å². The van der Waals surface area contributed by atoms with Gasteiger partial charge in [0.2, 0.25) is 10.0 Å². The number of halogens is 1. The zero-order valence-electron chi connectivity index (χ0n) is 16.5. The number of rotatable bonds is 5. The first-order valence-corrected chi connectivity index (χ1v) is 11.0. The number of aryl methyl sites for hydroxylation is 1. The molecule has 0 aliphatic heterocycles. The fourth-order valence-electron chi connectivity index (χ4n) is 3.08. The van der Waals surface area contributed by atoms with Gasteiger partial charge < -0.3 is 9.84 Å². The number of fused-ring (bicyclic) bond motifs is 1. The SMILES string of the molecule is Cc1noc2nc(-c3ccc(F)cc3)cc(C(=O)Nc3ccc(NS(C)(=O)=O)cc3)c12. The monoisotopic (exact) mass is 440 g/mol. The maximum Gasteiger partial charge on any atom is 0.259 e. The molecule has 4 aromatic rings. The minimum Gasteiger partial charge on any atom is -0.335 e. The Kier molecular flexibility index (Phi) is 5.15. The van der Waals surface area contributed by atoms with E-state index >= 15 is 0 Å². The lowest BCUT2D eigenvalue weighted by atomic mass is 10.0. The van der Waals surface area contributed by atoms with E-state index in [1.165, 1.54) is 24.3 Å². The van der Waals surface area contributed by atoms with Crippen molar-refractivity contribution in [2.75, 3.05) is 16.3 Å². The number of hydrogen-bond acceptors (Lipinski definition) is 6. The van der Waals surface area contributed by atoms with Gasteiger partial charge in [-0.3, -0.25) is 9.52 Å². The number of aromatic nitrogens is 2. The molecule has 4 rings (SSSR count). The first-order chi connectivity index (χ1) is 14.7. The predicted octanol–water partition coefficient (Wildman–Crippen LogP) is 3.96. The molecule has 158 valence electrons. The van der Waals surface area contributed by atoms with E-state index in [0.717, 1.165) is 6.26 Å². The van der Waals surface area contributed by atoms with Gasteiger partial charge in [0.25, 0.3) is 11.6 Å². The number of anilines is 2. The normalized spacial score (nSPS) is 11.5. The van der Waals surface area contributed by atoms with Gasteiger partial charge in [0.05, 0.1) is 28.6 Å². The molecule has 8 nitrogen and oxygen atoms in total. The molecule has 2 heterocycles. The molecule has 10 heteroatoms. The maximum absolute atomic E-state index is 13.3. The van der Waals surface area contributed by atoms with Gasteiger partial charge in [0, 0.05) is 16.9 Å². The van der Waals surface area contributed by atoms with Crippen LogP contribution in [-0.4, -0.2) is 30.7 Å². The van der Waals surface area contributed by atoms with Crippen molar-refractivity contribution in [3.63, 3.8) is 0 Å². The molecular weight excluding hydrogens is 423 g/mol. The molecule has 0 atom stereocenters. The molecule has 2 aromatic heterocycles. The number of pyridine rings is 1. The quantitative estimate of drug-likeness (QED) is 0.486. The van der Waals surface area contributed by atoms with Gasteiger partial charge in [0.15, 0.2) is 0 Å². The van der Waals surface area contributed by atoms with Crippen molar-refractivity contribution in [2.45, 2.75) is 6.92 Å². The van der Waals surface area contributed by atoms with Gasteiger partial charge in [-0.1, -0.05) is 5.16 Å². The third-order valence-electron chi connectivity index (χ3n) is 4.45. The highest BCUT2D eigenvalue weighted by molar-refractivity contribution is 7.92. The smallest absolute Gasteiger partial charge is 0.259 e. The molecule has 31 heavy (non-hydrogen) atoms. The summed E-state index contributed by atoms with van der Waals surface area (Å²) < 4.78 is 43.5. The van der Waals surface area contributed by atoms with Crippen LogP contribution in [0.4, 0.5) is 15.8 Å². The second kappa shape index (κ2) is 7.80. The number of carbonyl (C=O) groups excluding carboxylic acids is 1. The van der Waals surface area contributed by atoms with Crippen LogP contribution in [0.3, 0.4) is 0 Å². The molecule has 0 spiro atoms. The lowest BCUT2D eigenvalue weighted by Crippen LogP contribution is -2.13. The van der Waals surface area contributed by atoms with E-state index in [4.69, 9.17) is 4.52 Å². The third-order valence-corrected chi connectivity index (χ3v) is 5.05. The van der Waals surface area contributed by atoms with Gasteiger partial charge in [-0.25, -0.2) is 17.8 Å². The topological polar surface area (TPSA) is 114 Å². The zero-order chi connectivity index (χ0) is 22.2. The highest BCUT2D eigenvalue weighted by Gasteiger charge is 2.19. The van der Waals surface area contributed by atoms with E-state index in [0.29, 0.717) is 39.3 Å². The summed E-state index contributed by atoms with van der Waals surface area (Å²) >= 11 is 0. The molecule has 0 saturated heterocycles. The highest BCUT2D eigenvalue weighted by Crippen LogP contribution is 2.28. The molecule has 0 unspecified atom stereocenters. The van der Waals surface area contributed by atoms with E-state index in [1.54, 1.807) is 37.3 Å². The molecule has 0 aliphatic rings. The largest absolute Gasteiger partial charge is 0.335 e. The first-order valence-electron chi connectivity index (χ1n) is 9.12. The van der Waals surface area contributed by atoms with Crippen LogP contribution >= 0.6 is 0 Å². The van der Waals surface area contributed by atoms with E-state index in [-0.39, 0.29) is 11.5 Å². The highest BCUT2D eigenvalue weighted by atomic mass is 32.2. The summed E-state index contributed by atoms with van der Waals surface area (Å²) in [5.41, 5.74) is 2.88. The van der Waals surface area contributed by atoms with Gasteiger partial charge in [-0.05, 0) is 61.5 Å². The van der Waals surface area contributed by atoms with E-state index < -0.39 is 15.9 Å². The third kappa shape index (κ3) is 4.53. The number of nitrogens with zero attached hydrogens (tertiary/aromatic N) is 2. The first kappa shape index (κ1) is 20.5. The Labute approximate surface area is 177 Å². The van der Waals surface area contributed by atoms with Crippen molar-refractivity contribution >= 4 is 38.4 Å². The standard InChI is InChI=1S/C21H17FN4O4S/c1-12-19-17(20(27)23-15-7-9-16(10-8-15)26-31(2,28)29)11-18(24-21(19)30-25-12)13-3-5-14(22)6-4-13/h3-11,26H,1-2H3,(H,23,27). The van der Waals surface area contributed by atoms with Gasteiger partial charge in [-0.15, -0.1) is 0 Å². The van der Waals surface area contributed by atoms with Crippen LogP contribution in [-0.2, 0) is 10.0 Å².